The summed E-state index contributed by atoms with van der Waals surface area (Å²) in [6.45, 7) is 1.98. The van der Waals surface area contributed by atoms with E-state index in [9.17, 15) is 14.9 Å². The molecule has 0 aliphatic heterocycles. The molecule has 27 heavy (non-hydrogen) atoms. The van der Waals surface area contributed by atoms with Crippen molar-refractivity contribution in [2.75, 3.05) is 0 Å². The first-order valence-corrected chi connectivity index (χ1v) is 10.1. The lowest BCUT2D eigenvalue weighted by Crippen LogP contribution is -2.10. The molecule has 1 aliphatic carbocycles. The van der Waals surface area contributed by atoms with Crippen LogP contribution in [-0.4, -0.2) is 16.1 Å². The average Bonchev–Trinajstić information content (AvgIpc) is 2.68. The molecule has 0 heterocycles. The van der Waals surface area contributed by atoms with E-state index in [0.29, 0.717) is 16.4 Å². The van der Waals surface area contributed by atoms with Gasteiger partial charge in [0, 0.05) is 27.8 Å². The Hall–Kier alpha value is -2.34. The Morgan fingerprint density at radius 2 is 1.85 bits per heavy atom. The minimum absolute atomic E-state index is 0.0179. The van der Waals surface area contributed by atoms with Crippen LogP contribution in [0.15, 0.2) is 47.4 Å². The first-order chi connectivity index (χ1) is 13.0. The topological polar surface area (TPSA) is 69.4 Å². The molecule has 1 fully saturated rings. The maximum atomic E-state index is 12.3. The first kappa shape index (κ1) is 19.4. The fourth-order valence-corrected chi connectivity index (χ4v) is 4.53. The fourth-order valence-electron chi connectivity index (χ4n) is 3.19. The van der Waals surface area contributed by atoms with Crippen LogP contribution >= 0.6 is 11.8 Å². The van der Waals surface area contributed by atoms with Gasteiger partial charge >= 0.3 is 5.97 Å². The summed E-state index contributed by atoms with van der Waals surface area (Å²) in [6, 6.07) is 12.0. The molecule has 0 amide bonds. The summed E-state index contributed by atoms with van der Waals surface area (Å²) in [5.41, 5.74) is 2.26. The summed E-state index contributed by atoms with van der Waals surface area (Å²) in [5, 5.41) is 11.7. The van der Waals surface area contributed by atoms with Gasteiger partial charge in [-0.3, -0.25) is 10.1 Å². The Morgan fingerprint density at radius 3 is 2.52 bits per heavy atom. The van der Waals surface area contributed by atoms with Gasteiger partial charge in [-0.05, 0) is 38.0 Å². The van der Waals surface area contributed by atoms with Gasteiger partial charge in [-0.2, -0.15) is 0 Å². The second-order valence-corrected chi connectivity index (χ2v) is 8.21. The zero-order valence-electron chi connectivity index (χ0n) is 15.3. The summed E-state index contributed by atoms with van der Waals surface area (Å²) in [4.78, 5) is 24.0. The second kappa shape index (κ2) is 9.04. The Kier molecular flexibility index (Phi) is 6.50. The molecule has 1 aliphatic rings. The van der Waals surface area contributed by atoms with Crippen LogP contribution in [0.25, 0.3) is 0 Å². The van der Waals surface area contributed by atoms with E-state index in [4.69, 9.17) is 4.74 Å². The zero-order valence-corrected chi connectivity index (χ0v) is 16.2. The number of hydrogen-bond donors (Lipinski definition) is 0. The van der Waals surface area contributed by atoms with E-state index in [1.54, 1.807) is 30.0 Å². The van der Waals surface area contributed by atoms with E-state index in [1.807, 2.05) is 19.1 Å². The minimum Gasteiger partial charge on any atom is -0.457 e. The van der Waals surface area contributed by atoms with Crippen LogP contribution < -0.4 is 0 Å². The van der Waals surface area contributed by atoms with Gasteiger partial charge in [0.2, 0.25) is 0 Å². The van der Waals surface area contributed by atoms with Gasteiger partial charge in [0.25, 0.3) is 5.69 Å². The van der Waals surface area contributed by atoms with Gasteiger partial charge in [-0.25, -0.2) is 4.79 Å². The number of non-ortho nitro benzene ring substituents is 1. The summed E-state index contributed by atoms with van der Waals surface area (Å²) in [7, 11) is 0. The van der Waals surface area contributed by atoms with Gasteiger partial charge in [0.05, 0.1) is 10.5 Å². The number of esters is 1. The molecule has 0 atom stereocenters. The molecule has 142 valence electrons. The monoisotopic (exact) mass is 385 g/mol. The quantitative estimate of drug-likeness (QED) is 0.363. The molecule has 0 bridgehead atoms. The van der Waals surface area contributed by atoms with Crippen LogP contribution in [0.5, 0.6) is 0 Å². The van der Waals surface area contributed by atoms with Crippen molar-refractivity contribution in [3.8, 4) is 0 Å². The number of ether oxygens (including phenoxy) is 1. The number of benzene rings is 2. The largest absolute Gasteiger partial charge is 0.457 e. The van der Waals surface area contributed by atoms with Gasteiger partial charge < -0.3 is 4.74 Å². The summed E-state index contributed by atoms with van der Waals surface area (Å²) >= 11 is 1.75. The lowest BCUT2D eigenvalue weighted by atomic mass is 10.0. The summed E-state index contributed by atoms with van der Waals surface area (Å²) in [5.74, 6) is -0.421. The number of nitrogens with zero attached hydrogens (tertiary/aromatic N) is 1. The maximum absolute atomic E-state index is 12.3. The Morgan fingerprint density at radius 1 is 1.15 bits per heavy atom. The first-order valence-electron chi connectivity index (χ1n) is 9.20. The third kappa shape index (κ3) is 5.32. The van der Waals surface area contributed by atoms with Crippen molar-refractivity contribution in [2.24, 2.45) is 0 Å². The van der Waals surface area contributed by atoms with Crippen LogP contribution in [0.3, 0.4) is 0 Å². The zero-order chi connectivity index (χ0) is 19.2. The highest BCUT2D eigenvalue weighted by atomic mass is 32.2. The fraction of sp³-hybridized carbons (Fsp3) is 0.381. The number of nitro groups is 1. The molecule has 0 N–H and O–H groups in total. The van der Waals surface area contributed by atoms with Crippen molar-refractivity contribution in [2.45, 2.75) is 55.8 Å². The molecule has 2 aromatic carbocycles. The van der Waals surface area contributed by atoms with Crippen LogP contribution in [-0.2, 0) is 11.3 Å². The second-order valence-electron chi connectivity index (χ2n) is 6.87. The van der Waals surface area contributed by atoms with Crippen LogP contribution in [0.4, 0.5) is 5.69 Å². The number of thioether (sulfide) groups is 1. The third-order valence-electron chi connectivity index (χ3n) is 4.75. The minimum atomic E-state index is -0.421. The van der Waals surface area contributed by atoms with Gasteiger partial charge in [0.15, 0.2) is 0 Å². The van der Waals surface area contributed by atoms with Crippen molar-refractivity contribution in [3.05, 3.63) is 69.3 Å². The van der Waals surface area contributed by atoms with Crippen molar-refractivity contribution in [1.82, 2.24) is 0 Å². The third-order valence-corrected chi connectivity index (χ3v) is 6.20. The highest BCUT2D eigenvalue weighted by Crippen LogP contribution is 2.36. The van der Waals surface area contributed by atoms with Gasteiger partial charge in [0.1, 0.15) is 6.61 Å². The highest BCUT2D eigenvalue weighted by molar-refractivity contribution is 8.00. The molecule has 3 rings (SSSR count). The van der Waals surface area contributed by atoms with Crippen molar-refractivity contribution in [3.63, 3.8) is 0 Å². The predicted molar refractivity (Wildman–Crippen MR) is 106 cm³/mol. The van der Waals surface area contributed by atoms with E-state index < -0.39 is 10.9 Å². The van der Waals surface area contributed by atoms with Gasteiger partial charge in [-0.15, -0.1) is 11.8 Å². The Bertz CT molecular complexity index is 813. The number of carbonyl (C=O) groups is 1. The molecule has 5 nitrogen and oxygen atoms in total. The van der Waals surface area contributed by atoms with E-state index in [0.717, 1.165) is 23.3 Å². The molecule has 6 heteroatoms. The van der Waals surface area contributed by atoms with Crippen molar-refractivity contribution < 1.29 is 14.5 Å². The smallest absolute Gasteiger partial charge is 0.338 e. The summed E-state index contributed by atoms with van der Waals surface area (Å²) < 4.78 is 5.44. The molecule has 1 saturated carbocycles. The van der Waals surface area contributed by atoms with Crippen molar-refractivity contribution in [1.29, 1.82) is 0 Å². The number of rotatable bonds is 6. The van der Waals surface area contributed by atoms with E-state index in [1.165, 1.54) is 31.4 Å². The molecular formula is C21H23NO4S. The number of nitro benzene ring substituents is 1. The molecule has 2 aromatic rings. The molecule has 0 spiro atoms. The van der Waals surface area contributed by atoms with Crippen LogP contribution in [0.2, 0.25) is 0 Å². The van der Waals surface area contributed by atoms with E-state index in [2.05, 4.69) is 0 Å². The molecule has 0 unspecified atom stereocenters. The average molecular weight is 385 g/mol. The normalized spacial score (nSPS) is 14.7. The standard InChI is InChI=1S/C21H23NO4S/c1-15-7-9-16(10-8-15)21(23)26-14-17-13-18(22(24)25)11-12-20(17)27-19-5-3-2-4-6-19/h7-13,19H,2-6,14H2,1H3. The SMILES string of the molecule is Cc1ccc(C(=O)OCc2cc([N+](=O)[O-])ccc2SC2CCCCC2)cc1. The molecule has 0 radical (unpaired) electrons. The number of carbonyl (C=O) groups excluding carboxylic acids is 1. The Labute approximate surface area is 163 Å². The van der Waals surface area contributed by atoms with Crippen LogP contribution in [0, 0.1) is 17.0 Å². The predicted octanol–water partition coefficient (Wildman–Crippen LogP) is 5.69. The lowest BCUT2D eigenvalue weighted by molar-refractivity contribution is -0.385. The van der Waals surface area contributed by atoms with Crippen molar-refractivity contribution >= 4 is 23.4 Å². The van der Waals surface area contributed by atoms with E-state index in [-0.39, 0.29) is 12.3 Å². The molecule has 0 aromatic heterocycles. The maximum Gasteiger partial charge on any atom is 0.338 e. The van der Waals surface area contributed by atoms with Gasteiger partial charge in [-0.1, -0.05) is 37.0 Å². The number of aryl methyl sites for hydroxylation is 1. The van der Waals surface area contributed by atoms with Crippen LogP contribution in [0.1, 0.15) is 53.6 Å². The Balaban J connectivity index is 1.74. The molecule has 0 saturated heterocycles. The highest BCUT2D eigenvalue weighted by Gasteiger charge is 2.19. The van der Waals surface area contributed by atoms with E-state index >= 15 is 0 Å². The number of hydrogen-bond acceptors (Lipinski definition) is 5. The molecular weight excluding hydrogens is 362 g/mol. The summed E-state index contributed by atoms with van der Waals surface area (Å²) in [6.07, 6.45) is 6.04. The lowest BCUT2D eigenvalue weighted by Gasteiger charge is -2.22.